The number of nitrogens with one attached hydrogen (secondary N) is 1. The van der Waals surface area contributed by atoms with Gasteiger partial charge in [0, 0.05) is 30.8 Å². The highest BCUT2D eigenvalue weighted by Crippen LogP contribution is 2.21. The van der Waals surface area contributed by atoms with E-state index in [1.807, 2.05) is 37.4 Å². The van der Waals surface area contributed by atoms with Crippen molar-refractivity contribution in [2.45, 2.75) is 64.0 Å². The lowest BCUT2D eigenvalue weighted by Crippen LogP contribution is -2.46. The first kappa shape index (κ1) is 22.6. The molecule has 0 fully saturated rings. The van der Waals surface area contributed by atoms with E-state index in [1.54, 1.807) is 11.8 Å². The smallest absolute Gasteiger partial charge is 0.237 e. The average molecular weight is 402 g/mol. The number of hydrogen-bond acceptors (Lipinski definition) is 5. The molecule has 0 radical (unpaired) electrons. The fourth-order valence-corrected chi connectivity index (χ4v) is 3.36. The van der Waals surface area contributed by atoms with Gasteiger partial charge in [-0.25, -0.2) is 0 Å². The predicted octanol–water partition coefficient (Wildman–Crippen LogP) is 2.18. The third-order valence-corrected chi connectivity index (χ3v) is 5.09. The summed E-state index contributed by atoms with van der Waals surface area (Å²) in [5.41, 5.74) is 7.79. The molecule has 2 aromatic rings. The summed E-state index contributed by atoms with van der Waals surface area (Å²) < 4.78 is 1.64. The Kier molecular flexibility index (Phi) is 8.86. The second-order valence-corrected chi connectivity index (χ2v) is 7.23. The maximum absolute atomic E-state index is 12.4. The van der Waals surface area contributed by atoms with Crippen LogP contribution in [0.15, 0.2) is 30.5 Å². The highest BCUT2D eigenvalue weighted by molar-refractivity contribution is 5.86. The Morgan fingerprint density at radius 3 is 2.69 bits per heavy atom. The van der Waals surface area contributed by atoms with Crippen LogP contribution < -0.4 is 15.9 Å². The molecule has 158 valence electrons. The Labute approximate surface area is 171 Å². The minimum Gasteiger partial charge on any atom is -0.417 e. The zero-order chi connectivity index (χ0) is 21.2. The Bertz CT molecular complexity index is 831. The van der Waals surface area contributed by atoms with Gasteiger partial charge >= 0.3 is 0 Å². The number of fused-ring (bicyclic) bond motifs is 1. The van der Waals surface area contributed by atoms with Crippen molar-refractivity contribution in [3.05, 3.63) is 36.0 Å². The summed E-state index contributed by atoms with van der Waals surface area (Å²) in [6, 6.07) is 6.40. The molecule has 0 saturated carbocycles. The number of unbranched alkanes of at least 4 members (excludes halogenated alkanes) is 2. The maximum Gasteiger partial charge on any atom is 0.237 e. The van der Waals surface area contributed by atoms with Crippen molar-refractivity contribution in [2.24, 2.45) is 5.73 Å². The Balaban J connectivity index is 1.87. The number of para-hydroxylation sites is 1. The van der Waals surface area contributed by atoms with Gasteiger partial charge < -0.3 is 20.7 Å². The fourth-order valence-electron chi connectivity index (χ4n) is 3.36. The number of ketones is 1. The molecule has 2 rings (SSSR count). The van der Waals surface area contributed by atoms with Crippen LogP contribution in [0.1, 0.15) is 51.0 Å². The Morgan fingerprint density at radius 1 is 1.24 bits per heavy atom. The van der Waals surface area contributed by atoms with Gasteiger partial charge in [0.2, 0.25) is 5.91 Å². The molecular formula is C22H31N3O4. The van der Waals surface area contributed by atoms with E-state index in [4.69, 9.17) is 10.6 Å². The molecule has 1 aromatic carbocycles. The fraction of sp³-hybridized carbons (Fsp3) is 0.500. The first-order valence-corrected chi connectivity index (χ1v) is 10.2. The van der Waals surface area contributed by atoms with Gasteiger partial charge in [0.15, 0.2) is 0 Å². The Hall–Kier alpha value is -2.67. The summed E-state index contributed by atoms with van der Waals surface area (Å²) in [4.78, 5) is 40.5. The minimum absolute atomic E-state index is 0.260. The van der Waals surface area contributed by atoms with Gasteiger partial charge in [0.1, 0.15) is 19.2 Å². The number of nitrogens with zero attached hydrogens (tertiary/aromatic N) is 1. The molecule has 2 atom stereocenters. The van der Waals surface area contributed by atoms with Crippen LogP contribution in [0.5, 0.6) is 0 Å². The van der Waals surface area contributed by atoms with Gasteiger partial charge in [-0.2, -0.15) is 4.73 Å². The van der Waals surface area contributed by atoms with Crippen molar-refractivity contribution in [3.63, 3.8) is 0 Å². The monoisotopic (exact) mass is 401 g/mol. The van der Waals surface area contributed by atoms with E-state index in [9.17, 15) is 14.4 Å². The van der Waals surface area contributed by atoms with Gasteiger partial charge in [-0.1, -0.05) is 38.0 Å². The SMILES string of the molecule is CCC(=O)CCCCCC(N)C(=O)N[C@H](C=O)Cc1cn(OC)c2ccccc12. The lowest BCUT2D eigenvalue weighted by Gasteiger charge is -2.16. The van der Waals surface area contributed by atoms with Crippen molar-refractivity contribution in [3.8, 4) is 0 Å². The second-order valence-electron chi connectivity index (χ2n) is 7.23. The number of hydrogen-bond donors (Lipinski definition) is 2. The van der Waals surface area contributed by atoms with E-state index in [1.165, 1.54) is 0 Å². The summed E-state index contributed by atoms with van der Waals surface area (Å²) in [6.07, 6.45) is 7.06. The zero-order valence-corrected chi connectivity index (χ0v) is 17.2. The highest BCUT2D eigenvalue weighted by atomic mass is 16.6. The number of aromatic nitrogens is 1. The van der Waals surface area contributed by atoms with Crippen LogP contribution in [-0.2, 0) is 20.8 Å². The van der Waals surface area contributed by atoms with Crippen LogP contribution in [0, 0.1) is 0 Å². The number of amides is 1. The number of carbonyl (C=O) groups excluding carboxylic acids is 3. The maximum atomic E-state index is 12.4. The topological polar surface area (TPSA) is 103 Å². The molecule has 0 aliphatic carbocycles. The minimum atomic E-state index is -0.667. The van der Waals surface area contributed by atoms with Gasteiger partial charge in [-0.05, 0) is 24.5 Å². The molecule has 0 aliphatic rings. The third-order valence-electron chi connectivity index (χ3n) is 5.09. The molecule has 7 heteroatoms. The van der Waals surface area contributed by atoms with Crippen LogP contribution in [-0.4, -0.2) is 41.9 Å². The van der Waals surface area contributed by atoms with Crippen molar-refractivity contribution in [1.29, 1.82) is 0 Å². The molecule has 1 unspecified atom stereocenters. The predicted molar refractivity (Wildman–Crippen MR) is 112 cm³/mol. The quantitative estimate of drug-likeness (QED) is 0.395. The van der Waals surface area contributed by atoms with Crippen LogP contribution in [0.4, 0.5) is 0 Å². The molecule has 1 heterocycles. The average Bonchev–Trinajstić information content (AvgIpc) is 3.10. The molecule has 0 spiro atoms. The first-order chi connectivity index (χ1) is 14.0. The van der Waals surface area contributed by atoms with E-state index in [0.29, 0.717) is 25.7 Å². The largest absolute Gasteiger partial charge is 0.417 e. The molecule has 0 aliphatic heterocycles. The molecule has 7 nitrogen and oxygen atoms in total. The van der Waals surface area contributed by atoms with E-state index < -0.39 is 12.1 Å². The number of nitrogens with two attached hydrogens (primary N) is 1. The number of rotatable bonds is 13. The summed E-state index contributed by atoms with van der Waals surface area (Å²) in [5.74, 6) is -0.0714. The number of Topliss-reactive ketones (excluding diaryl/α,β-unsaturated/α-hetero) is 1. The van der Waals surface area contributed by atoms with Crippen molar-refractivity contribution in [2.75, 3.05) is 7.11 Å². The summed E-state index contributed by atoms with van der Waals surface area (Å²) in [6.45, 7) is 1.86. The summed E-state index contributed by atoms with van der Waals surface area (Å²) in [5, 5.41) is 3.71. The molecule has 0 bridgehead atoms. The third kappa shape index (κ3) is 6.42. The molecule has 29 heavy (non-hydrogen) atoms. The van der Waals surface area contributed by atoms with E-state index in [0.717, 1.165) is 42.0 Å². The van der Waals surface area contributed by atoms with Gasteiger partial charge in [0.25, 0.3) is 0 Å². The van der Waals surface area contributed by atoms with Gasteiger partial charge in [-0.15, -0.1) is 0 Å². The van der Waals surface area contributed by atoms with E-state index in [2.05, 4.69) is 5.32 Å². The first-order valence-electron chi connectivity index (χ1n) is 10.2. The number of benzene rings is 1. The van der Waals surface area contributed by atoms with E-state index >= 15 is 0 Å². The lowest BCUT2D eigenvalue weighted by molar-refractivity contribution is -0.125. The normalized spacial score (nSPS) is 13.1. The van der Waals surface area contributed by atoms with E-state index in [-0.39, 0.29) is 11.7 Å². The summed E-state index contributed by atoms with van der Waals surface area (Å²) in [7, 11) is 1.58. The van der Waals surface area contributed by atoms with Crippen LogP contribution in [0.2, 0.25) is 0 Å². The number of carbonyl (C=O) groups is 3. The van der Waals surface area contributed by atoms with Crippen LogP contribution in [0.25, 0.3) is 10.9 Å². The molecule has 3 N–H and O–H groups in total. The van der Waals surface area contributed by atoms with Crippen LogP contribution >= 0.6 is 0 Å². The second kappa shape index (κ2) is 11.4. The molecule has 1 aromatic heterocycles. The van der Waals surface area contributed by atoms with Crippen molar-refractivity contribution >= 4 is 28.9 Å². The van der Waals surface area contributed by atoms with Crippen LogP contribution in [0.3, 0.4) is 0 Å². The molecule has 1 amide bonds. The number of aldehydes is 1. The highest BCUT2D eigenvalue weighted by Gasteiger charge is 2.20. The van der Waals surface area contributed by atoms with Crippen molar-refractivity contribution < 1.29 is 19.2 Å². The van der Waals surface area contributed by atoms with Gasteiger partial charge in [-0.3, -0.25) is 9.59 Å². The Morgan fingerprint density at radius 2 is 2.00 bits per heavy atom. The van der Waals surface area contributed by atoms with Crippen molar-refractivity contribution in [1.82, 2.24) is 10.0 Å². The molecule has 0 saturated heterocycles. The zero-order valence-electron chi connectivity index (χ0n) is 17.2. The standard InChI is InChI=1S/C22H31N3O4/c1-3-18(27)9-5-4-6-11-20(23)22(28)24-17(15-26)13-16-14-25(29-2)21-12-8-7-10-19(16)21/h7-8,10,12,14-15,17,20H,3-6,9,11,13,23H2,1-2H3,(H,24,28)/t17-,20?/m0/s1. The van der Waals surface area contributed by atoms with Gasteiger partial charge in [0.05, 0.1) is 17.6 Å². The molecular weight excluding hydrogens is 370 g/mol. The summed E-state index contributed by atoms with van der Waals surface area (Å²) >= 11 is 0. The lowest BCUT2D eigenvalue weighted by atomic mass is 10.0.